The van der Waals surface area contributed by atoms with E-state index in [1.165, 1.54) is 6.42 Å². The molecule has 0 fully saturated rings. The first kappa shape index (κ1) is 18.3. The molecule has 136 valence electrons. The minimum Gasteiger partial charge on any atom is -0.461 e. The van der Waals surface area contributed by atoms with E-state index in [0.29, 0.717) is 29.5 Å². The summed E-state index contributed by atoms with van der Waals surface area (Å²) in [6.45, 7) is 3.88. The van der Waals surface area contributed by atoms with E-state index >= 15 is 0 Å². The first-order valence-electron chi connectivity index (χ1n) is 8.85. The summed E-state index contributed by atoms with van der Waals surface area (Å²) in [6.07, 6.45) is 9.71. The lowest BCUT2D eigenvalue weighted by Gasteiger charge is -2.18. The van der Waals surface area contributed by atoms with E-state index in [1.54, 1.807) is 37.7 Å². The van der Waals surface area contributed by atoms with Crippen molar-refractivity contribution in [2.45, 2.75) is 51.6 Å². The summed E-state index contributed by atoms with van der Waals surface area (Å²) < 4.78 is 4.95. The van der Waals surface area contributed by atoms with Gasteiger partial charge >= 0.3 is 0 Å². The third kappa shape index (κ3) is 4.17. The SMILES string of the molecule is CCCCCCC(C)(O)C#CC1=C[N+]2(N)N=C(c3ccco3)N=C2C=N1. The van der Waals surface area contributed by atoms with Gasteiger partial charge in [0.25, 0.3) is 11.7 Å². The van der Waals surface area contributed by atoms with Gasteiger partial charge < -0.3 is 9.52 Å². The predicted octanol–water partition coefficient (Wildman–Crippen LogP) is 2.69. The molecule has 3 rings (SSSR count). The number of aliphatic hydroxyl groups is 1. The van der Waals surface area contributed by atoms with E-state index in [0.717, 1.165) is 19.3 Å². The number of unbranched alkanes of at least 4 members (excludes halogenated alkanes) is 3. The van der Waals surface area contributed by atoms with Crippen molar-refractivity contribution in [3.63, 3.8) is 0 Å². The summed E-state index contributed by atoms with van der Waals surface area (Å²) in [4.78, 5) is 8.62. The average molecular weight is 354 g/mol. The van der Waals surface area contributed by atoms with Crippen LogP contribution in [0.3, 0.4) is 0 Å². The molecule has 7 nitrogen and oxygen atoms in total. The van der Waals surface area contributed by atoms with Gasteiger partial charge in [0.2, 0.25) is 0 Å². The Bertz CT molecular complexity index is 837. The fourth-order valence-corrected chi connectivity index (χ4v) is 2.71. The van der Waals surface area contributed by atoms with Crippen LogP contribution < -0.4 is 5.84 Å². The van der Waals surface area contributed by atoms with Crippen LogP contribution in [0.15, 0.2) is 49.8 Å². The minimum absolute atomic E-state index is 0.359. The molecule has 1 aromatic heterocycles. The Morgan fingerprint density at radius 2 is 2.19 bits per heavy atom. The van der Waals surface area contributed by atoms with Crippen LogP contribution >= 0.6 is 0 Å². The van der Waals surface area contributed by atoms with Crippen molar-refractivity contribution in [3.8, 4) is 11.8 Å². The van der Waals surface area contributed by atoms with Gasteiger partial charge in [-0.3, -0.25) is 0 Å². The summed E-state index contributed by atoms with van der Waals surface area (Å²) in [5.41, 5.74) is -0.601. The highest BCUT2D eigenvalue weighted by Crippen LogP contribution is 2.21. The predicted molar refractivity (Wildman–Crippen MR) is 101 cm³/mol. The maximum absolute atomic E-state index is 10.4. The van der Waals surface area contributed by atoms with Gasteiger partial charge in [-0.25, -0.2) is 4.99 Å². The second kappa shape index (κ2) is 7.38. The van der Waals surface area contributed by atoms with E-state index in [4.69, 9.17) is 10.3 Å². The fourth-order valence-electron chi connectivity index (χ4n) is 2.71. The minimum atomic E-state index is -1.05. The molecule has 0 spiro atoms. The normalized spacial score (nSPS) is 23.3. The van der Waals surface area contributed by atoms with E-state index in [1.807, 2.05) is 0 Å². The van der Waals surface area contributed by atoms with Crippen LogP contribution in [-0.2, 0) is 0 Å². The van der Waals surface area contributed by atoms with Crippen molar-refractivity contribution in [2.75, 3.05) is 0 Å². The summed E-state index contributed by atoms with van der Waals surface area (Å²) >= 11 is 0. The Hall–Kier alpha value is -2.53. The molecular formula is C19H24N5O2+. The lowest BCUT2D eigenvalue weighted by molar-refractivity contribution is -0.803. The van der Waals surface area contributed by atoms with Gasteiger partial charge in [-0.05, 0) is 47.6 Å². The van der Waals surface area contributed by atoms with E-state index < -0.39 is 5.60 Å². The van der Waals surface area contributed by atoms with Gasteiger partial charge in [-0.2, -0.15) is 4.99 Å². The van der Waals surface area contributed by atoms with Gasteiger partial charge in [0.15, 0.2) is 17.7 Å². The van der Waals surface area contributed by atoms with E-state index in [-0.39, 0.29) is 4.70 Å². The van der Waals surface area contributed by atoms with E-state index in [2.05, 4.69) is 33.9 Å². The molecule has 0 saturated carbocycles. The lowest BCUT2D eigenvalue weighted by atomic mass is 9.98. The zero-order chi connectivity index (χ0) is 18.6. The maximum atomic E-state index is 10.4. The van der Waals surface area contributed by atoms with Crippen LogP contribution in [0, 0.1) is 11.8 Å². The maximum Gasteiger partial charge on any atom is 0.300 e. The number of fused-ring (bicyclic) bond motifs is 1. The molecule has 0 bridgehead atoms. The van der Waals surface area contributed by atoms with Crippen molar-refractivity contribution in [3.05, 3.63) is 36.1 Å². The Balaban J connectivity index is 1.72. The van der Waals surface area contributed by atoms with Crippen LogP contribution in [-0.4, -0.2) is 33.3 Å². The van der Waals surface area contributed by atoms with Crippen LogP contribution in [0.5, 0.6) is 0 Å². The number of nitrogens with two attached hydrogens (primary N) is 1. The highest BCUT2D eigenvalue weighted by Gasteiger charge is 2.39. The zero-order valence-corrected chi connectivity index (χ0v) is 15.1. The highest BCUT2D eigenvalue weighted by atomic mass is 16.3. The smallest absolute Gasteiger partial charge is 0.300 e. The number of allylic oxidation sites excluding steroid dienone is 1. The molecule has 3 heterocycles. The Labute approximate surface area is 153 Å². The molecule has 2 aliphatic heterocycles. The second-order valence-corrected chi connectivity index (χ2v) is 6.72. The standard InChI is InChI=1S/C19H24N5O2/c1-3-4-5-6-10-19(2,25)11-9-15-14-24(20)17(13-21-15)22-18(23-24)16-8-7-12-26-16/h7-8,12-14,25H,3-6,10,20H2,1-2H3/q+1. The number of quaternary nitrogens is 1. The summed E-state index contributed by atoms with van der Waals surface area (Å²) in [6, 6.07) is 3.53. The molecule has 0 amide bonds. The Kier molecular flexibility index (Phi) is 5.18. The summed E-state index contributed by atoms with van der Waals surface area (Å²) in [5, 5.41) is 14.8. The average Bonchev–Trinajstić information content (AvgIpc) is 3.23. The largest absolute Gasteiger partial charge is 0.461 e. The van der Waals surface area contributed by atoms with Crippen LogP contribution in [0.4, 0.5) is 0 Å². The van der Waals surface area contributed by atoms with Crippen molar-refractivity contribution < 1.29 is 14.2 Å². The van der Waals surface area contributed by atoms with Crippen LogP contribution in [0.1, 0.15) is 51.7 Å². The fraction of sp³-hybridized carbons (Fsp3) is 0.421. The molecule has 2 atom stereocenters. The van der Waals surface area contributed by atoms with Crippen LogP contribution in [0.2, 0.25) is 0 Å². The van der Waals surface area contributed by atoms with Gasteiger partial charge in [-0.1, -0.05) is 32.1 Å². The number of aliphatic imine (C=N–C) groups is 2. The molecule has 2 aliphatic rings. The second-order valence-electron chi connectivity index (χ2n) is 6.72. The van der Waals surface area contributed by atoms with Crippen molar-refractivity contribution in [1.29, 1.82) is 0 Å². The Morgan fingerprint density at radius 1 is 1.35 bits per heavy atom. The Morgan fingerprint density at radius 3 is 2.92 bits per heavy atom. The first-order chi connectivity index (χ1) is 12.4. The molecule has 0 radical (unpaired) electrons. The third-order valence-electron chi connectivity index (χ3n) is 4.20. The van der Waals surface area contributed by atoms with E-state index in [9.17, 15) is 5.11 Å². The molecule has 0 aliphatic carbocycles. The highest BCUT2D eigenvalue weighted by molar-refractivity contribution is 6.31. The summed E-state index contributed by atoms with van der Waals surface area (Å²) in [7, 11) is 0. The van der Waals surface area contributed by atoms with Gasteiger partial charge in [0.05, 0.1) is 6.26 Å². The van der Waals surface area contributed by atoms with Gasteiger partial charge in [-0.15, -0.1) is 5.84 Å². The molecule has 3 N–H and O–H groups in total. The molecule has 2 unspecified atom stereocenters. The number of nitrogens with zero attached hydrogens (tertiary/aromatic N) is 4. The first-order valence-corrected chi connectivity index (χ1v) is 8.85. The number of amidine groups is 2. The number of furan rings is 1. The molecule has 0 aromatic carbocycles. The zero-order valence-electron chi connectivity index (χ0n) is 15.1. The quantitative estimate of drug-likeness (QED) is 0.356. The van der Waals surface area contributed by atoms with Crippen molar-refractivity contribution >= 4 is 17.9 Å². The van der Waals surface area contributed by atoms with Gasteiger partial charge in [0, 0.05) is 0 Å². The van der Waals surface area contributed by atoms with Gasteiger partial charge in [0.1, 0.15) is 11.8 Å². The number of hydrogen-bond acceptors (Lipinski definition) is 6. The summed E-state index contributed by atoms with van der Waals surface area (Å²) in [5.74, 6) is 13.5. The number of hydrogen-bond donors (Lipinski definition) is 2. The molecular weight excluding hydrogens is 330 g/mol. The molecule has 1 aromatic rings. The van der Waals surface area contributed by atoms with Crippen LogP contribution in [0.25, 0.3) is 0 Å². The topological polar surface area (TPSA) is 96.5 Å². The van der Waals surface area contributed by atoms with Crippen molar-refractivity contribution in [2.24, 2.45) is 20.9 Å². The number of rotatable bonds is 6. The third-order valence-corrected chi connectivity index (χ3v) is 4.20. The molecule has 26 heavy (non-hydrogen) atoms. The van der Waals surface area contributed by atoms with Crippen molar-refractivity contribution in [1.82, 2.24) is 0 Å². The monoisotopic (exact) mass is 354 g/mol. The molecule has 7 heteroatoms. The lowest BCUT2D eigenvalue weighted by Crippen LogP contribution is -2.50. The molecule has 0 saturated heterocycles.